The van der Waals surface area contributed by atoms with Gasteiger partial charge in [0.05, 0.1) is 12.2 Å². The summed E-state index contributed by atoms with van der Waals surface area (Å²) in [6.45, 7) is 0.359. The number of rotatable bonds is 5. The molecule has 6 nitrogen and oxygen atoms in total. The number of benzene rings is 2. The first kappa shape index (κ1) is 19.9. The summed E-state index contributed by atoms with van der Waals surface area (Å²) in [6, 6.07) is 14.8. The van der Waals surface area contributed by atoms with Crippen LogP contribution in [0.2, 0.25) is 0 Å². The standard InChI is InChI=1S/C24H19F2N5O/c1-30(2)17-5-3-4-15(10-17)24-27-21-8-9-31(14-23(21)28-24)13-18-12-22(29-32-18)19-11-16(25)6-7-20(19)26/h3-12,14H,13H2,1-2H3. The van der Waals surface area contributed by atoms with Crippen LogP contribution >= 0.6 is 0 Å². The van der Waals surface area contributed by atoms with Crippen molar-refractivity contribution in [3.05, 3.63) is 84.4 Å². The molecule has 2 aliphatic heterocycles. The van der Waals surface area contributed by atoms with Crippen molar-refractivity contribution in [2.75, 3.05) is 19.0 Å². The van der Waals surface area contributed by atoms with Gasteiger partial charge in [-0.05, 0) is 36.4 Å². The first-order chi connectivity index (χ1) is 15.5. The van der Waals surface area contributed by atoms with Crippen molar-refractivity contribution in [3.63, 3.8) is 0 Å². The molecule has 0 spiro atoms. The zero-order chi connectivity index (χ0) is 22.2. The average molecular weight is 431 g/mol. The highest BCUT2D eigenvalue weighted by molar-refractivity contribution is 5.68. The van der Waals surface area contributed by atoms with Crippen molar-refractivity contribution in [2.45, 2.75) is 6.54 Å². The van der Waals surface area contributed by atoms with E-state index in [1.807, 2.05) is 66.3 Å². The molecule has 0 saturated carbocycles. The molecule has 0 amide bonds. The highest BCUT2D eigenvalue weighted by atomic mass is 19.1. The van der Waals surface area contributed by atoms with E-state index in [0.29, 0.717) is 18.1 Å². The van der Waals surface area contributed by atoms with Gasteiger partial charge in [0.15, 0.2) is 11.6 Å². The molecule has 3 aromatic rings. The maximum absolute atomic E-state index is 14.0. The smallest absolute Gasteiger partial charge is 0.160 e. The Labute approximate surface area is 183 Å². The predicted molar refractivity (Wildman–Crippen MR) is 117 cm³/mol. The van der Waals surface area contributed by atoms with Crippen LogP contribution in [0.4, 0.5) is 14.5 Å². The molecular weight excluding hydrogens is 412 g/mol. The number of halogens is 2. The molecule has 0 bridgehead atoms. The molecule has 3 heterocycles. The Hall–Kier alpha value is -4.07. The summed E-state index contributed by atoms with van der Waals surface area (Å²) in [6.07, 6.45) is 3.73. The number of imidazole rings is 1. The minimum absolute atomic E-state index is 0.0620. The van der Waals surface area contributed by atoms with E-state index in [1.54, 1.807) is 6.07 Å². The molecule has 0 radical (unpaired) electrons. The second-order valence-corrected chi connectivity index (χ2v) is 7.68. The lowest BCUT2D eigenvalue weighted by atomic mass is 10.1. The Morgan fingerprint density at radius 3 is 2.62 bits per heavy atom. The average Bonchev–Trinajstić information content (AvgIpc) is 3.42. The monoisotopic (exact) mass is 431 g/mol. The van der Waals surface area contributed by atoms with Crippen molar-refractivity contribution in [1.29, 1.82) is 0 Å². The van der Waals surface area contributed by atoms with Crippen molar-refractivity contribution in [3.8, 4) is 34.0 Å². The Morgan fingerprint density at radius 2 is 1.78 bits per heavy atom. The number of hydrogen-bond donors (Lipinski definition) is 0. The highest BCUT2D eigenvalue weighted by Gasteiger charge is 2.15. The Balaban J connectivity index is 1.41. The minimum atomic E-state index is -0.557. The van der Waals surface area contributed by atoms with Crippen LogP contribution in [0.15, 0.2) is 71.5 Å². The van der Waals surface area contributed by atoms with E-state index in [0.717, 1.165) is 40.8 Å². The summed E-state index contributed by atoms with van der Waals surface area (Å²) >= 11 is 0. The molecule has 5 rings (SSSR count). The van der Waals surface area contributed by atoms with Crippen LogP contribution in [0.25, 0.3) is 34.0 Å². The summed E-state index contributed by atoms with van der Waals surface area (Å²) in [5.74, 6) is 0.0714. The maximum atomic E-state index is 14.0. The van der Waals surface area contributed by atoms with Crippen LogP contribution < -0.4 is 4.90 Å². The molecule has 8 heteroatoms. The Kier molecular flexibility index (Phi) is 4.89. The second-order valence-electron chi connectivity index (χ2n) is 7.68. The van der Waals surface area contributed by atoms with Gasteiger partial charge in [-0.3, -0.25) is 0 Å². The molecule has 160 valence electrons. The summed E-state index contributed by atoms with van der Waals surface area (Å²) < 4.78 is 34.7. The van der Waals surface area contributed by atoms with E-state index < -0.39 is 11.6 Å². The van der Waals surface area contributed by atoms with Crippen LogP contribution in [0.1, 0.15) is 5.76 Å². The fourth-order valence-electron chi connectivity index (χ4n) is 3.49. The minimum Gasteiger partial charge on any atom is -0.378 e. The van der Waals surface area contributed by atoms with Gasteiger partial charge >= 0.3 is 0 Å². The summed E-state index contributed by atoms with van der Waals surface area (Å²) in [4.78, 5) is 11.3. The number of fused-ring (bicyclic) bond motifs is 1. The first-order valence-corrected chi connectivity index (χ1v) is 9.98. The second kappa shape index (κ2) is 7.88. The lowest BCUT2D eigenvalue weighted by Gasteiger charge is -2.12. The largest absolute Gasteiger partial charge is 0.378 e. The van der Waals surface area contributed by atoms with Gasteiger partial charge in [-0.15, -0.1) is 0 Å². The van der Waals surface area contributed by atoms with Crippen molar-refractivity contribution in [1.82, 2.24) is 19.7 Å². The molecule has 0 unspecified atom stereocenters. The maximum Gasteiger partial charge on any atom is 0.160 e. The highest BCUT2D eigenvalue weighted by Crippen LogP contribution is 2.28. The SMILES string of the molecule is CN(C)c1cccc(-c2nc3ccn(Cc4cc(-c5cc(F)ccc5F)no4)cc-3n2)c1. The Bertz CT molecular complexity index is 1370. The number of anilines is 1. The summed E-state index contributed by atoms with van der Waals surface area (Å²) in [5.41, 5.74) is 3.85. The number of hydrogen-bond acceptors (Lipinski definition) is 5. The topological polar surface area (TPSA) is 60.0 Å². The van der Waals surface area contributed by atoms with E-state index in [-0.39, 0.29) is 11.3 Å². The van der Waals surface area contributed by atoms with Crippen LogP contribution in [0.3, 0.4) is 0 Å². The zero-order valence-electron chi connectivity index (χ0n) is 17.5. The molecule has 32 heavy (non-hydrogen) atoms. The molecular formula is C24H19F2N5O. The van der Waals surface area contributed by atoms with Gasteiger partial charge in [0.1, 0.15) is 23.0 Å². The molecule has 2 aliphatic rings. The van der Waals surface area contributed by atoms with E-state index in [1.165, 1.54) is 0 Å². The summed E-state index contributed by atoms with van der Waals surface area (Å²) in [7, 11) is 3.98. The van der Waals surface area contributed by atoms with Gasteiger partial charge in [-0.25, -0.2) is 18.7 Å². The number of aromatic nitrogens is 4. The first-order valence-electron chi connectivity index (χ1n) is 9.98. The van der Waals surface area contributed by atoms with E-state index >= 15 is 0 Å². The van der Waals surface area contributed by atoms with Gasteiger partial charge in [-0.2, -0.15) is 0 Å². The third kappa shape index (κ3) is 3.82. The molecule has 0 N–H and O–H groups in total. The van der Waals surface area contributed by atoms with Crippen molar-refractivity contribution >= 4 is 5.69 Å². The molecule has 1 aromatic heterocycles. The molecule has 2 aromatic carbocycles. The van der Waals surface area contributed by atoms with Gasteiger partial charge in [0.25, 0.3) is 0 Å². The molecule has 0 saturated heterocycles. The van der Waals surface area contributed by atoms with Crippen LogP contribution in [0.5, 0.6) is 0 Å². The number of nitrogens with zero attached hydrogens (tertiary/aromatic N) is 5. The van der Waals surface area contributed by atoms with Gasteiger partial charge in [-0.1, -0.05) is 17.3 Å². The van der Waals surface area contributed by atoms with Crippen LogP contribution in [0, 0.1) is 11.6 Å². The lowest BCUT2D eigenvalue weighted by molar-refractivity contribution is 0.378. The van der Waals surface area contributed by atoms with E-state index in [9.17, 15) is 8.78 Å². The lowest BCUT2D eigenvalue weighted by Crippen LogP contribution is -2.08. The molecule has 0 aliphatic carbocycles. The summed E-state index contributed by atoms with van der Waals surface area (Å²) in [5, 5.41) is 3.89. The van der Waals surface area contributed by atoms with Crippen molar-refractivity contribution < 1.29 is 13.3 Å². The zero-order valence-corrected chi connectivity index (χ0v) is 17.5. The molecule has 0 fully saturated rings. The number of pyridine rings is 1. The van der Waals surface area contributed by atoms with Gasteiger partial charge < -0.3 is 14.0 Å². The van der Waals surface area contributed by atoms with Crippen LogP contribution in [-0.2, 0) is 6.54 Å². The van der Waals surface area contributed by atoms with Crippen LogP contribution in [-0.4, -0.2) is 33.8 Å². The molecule has 0 atom stereocenters. The van der Waals surface area contributed by atoms with Gasteiger partial charge in [0.2, 0.25) is 0 Å². The van der Waals surface area contributed by atoms with E-state index in [4.69, 9.17) is 4.52 Å². The Morgan fingerprint density at radius 1 is 0.938 bits per heavy atom. The predicted octanol–water partition coefficient (Wildman–Crippen LogP) is 5.10. The fourth-order valence-corrected chi connectivity index (χ4v) is 3.49. The normalized spacial score (nSPS) is 11.2. The van der Waals surface area contributed by atoms with Crippen molar-refractivity contribution in [2.24, 2.45) is 0 Å². The third-order valence-electron chi connectivity index (χ3n) is 5.15. The van der Waals surface area contributed by atoms with E-state index in [2.05, 4.69) is 15.1 Å². The third-order valence-corrected chi connectivity index (χ3v) is 5.15. The van der Waals surface area contributed by atoms with Gasteiger partial charge in [0, 0.05) is 49.4 Å². The fraction of sp³-hybridized carbons (Fsp3) is 0.125. The quantitative estimate of drug-likeness (QED) is 0.388.